The molecular weight excluding hydrogens is 236 g/mol. The van der Waals surface area contributed by atoms with E-state index in [1.165, 1.54) is 17.7 Å². The van der Waals surface area contributed by atoms with E-state index in [4.69, 9.17) is 10.6 Å². The Morgan fingerprint density at radius 3 is 3.00 bits per heavy atom. The number of hydrogen-bond acceptors (Lipinski definition) is 6. The van der Waals surface area contributed by atoms with Gasteiger partial charge >= 0.3 is 0 Å². The van der Waals surface area contributed by atoms with Crippen molar-refractivity contribution in [1.29, 1.82) is 0 Å². The highest BCUT2D eigenvalue weighted by Gasteiger charge is 2.16. The van der Waals surface area contributed by atoms with Gasteiger partial charge in [0.15, 0.2) is 5.13 Å². The van der Waals surface area contributed by atoms with Crippen LogP contribution in [-0.2, 0) is 11.3 Å². The molecule has 2 heterocycles. The molecule has 1 fully saturated rings. The van der Waals surface area contributed by atoms with Crippen LogP contribution in [0.5, 0.6) is 0 Å². The van der Waals surface area contributed by atoms with Crippen LogP contribution in [0.1, 0.15) is 17.7 Å². The summed E-state index contributed by atoms with van der Waals surface area (Å²) in [6, 6.07) is 0. The fraction of sp³-hybridized carbons (Fsp3) is 0.727. The normalized spacial score (nSPS) is 17.6. The second-order valence-electron chi connectivity index (χ2n) is 4.53. The highest BCUT2D eigenvalue weighted by Crippen LogP contribution is 2.20. The summed E-state index contributed by atoms with van der Waals surface area (Å²) in [4.78, 5) is 7.76. The Bertz CT molecular complexity index is 338. The number of aromatic nitrogens is 1. The first-order chi connectivity index (χ1) is 8.28. The van der Waals surface area contributed by atoms with Crippen LogP contribution in [0.2, 0.25) is 0 Å². The molecule has 1 aromatic rings. The predicted octanol–water partition coefficient (Wildman–Crippen LogP) is 1.29. The fourth-order valence-corrected chi connectivity index (χ4v) is 2.95. The highest BCUT2D eigenvalue weighted by molar-refractivity contribution is 7.15. The van der Waals surface area contributed by atoms with Gasteiger partial charge < -0.3 is 9.64 Å². The van der Waals surface area contributed by atoms with Gasteiger partial charge in [-0.2, -0.15) is 0 Å². The first kappa shape index (κ1) is 12.8. The molecule has 0 aromatic carbocycles. The summed E-state index contributed by atoms with van der Waals surface area (Å²) in [6.45, 7) is 3.91. The average molecular weight is 256 g/mol. The molecule has 17 heavy (non-hydrogen) atoms. The number of hydrazine groups is 1. The van der Waals surface area contributed by atoms with Crippen LogP contribution < -0.4 is 11.3 Å². The van der Waals surface area contributed by atoms with Crippen molar-refractivity contribution in [1.82, 2.24) is 9.88 Å². The number of nitrogen functional groups attached to an aromatic ring is 1. The van der Waals surface area contributed by atoms with Crippen molar-refractivity contribution in [2.45, 2.75) is 19.4 Å². The maximum atomic E-state index is 5.37. The molecule has 0 saturated carbocycles. The smallest absolute Gasteiger partial charge is 0.197 e. The Morgan fingerprint density at radius 2 is 2.35 bits per heavy atom. The first-order valence-electron chi connectivity index (χ1n) is 5.95. The molecular formula is C11H20N4OS. The van der Waals surface area contributed by atoms with Gasteiger partial charge in [0.05, 0.1) is 0 Å². The lowest BCUT2D eigenvalue weighted by atomic mass is 10.00. The molecule has 6 heteroatoms. The second-order valence-corrected chi connectivity index (χ2v) is 5.64. The van der Waals surface area contributed by atoms with E-state index in [0.29, 0.717) is 0 Å². The van der Waals surface area contributed by atoms with Crippen molar-refractivity contribution < 1.29 is 4.74 Å². The van der Waals surface area contributed by atoms with E-state index in [1.54, 1.807) is 11.3 Å². The Hall–Kier alpha value is -0.690. The highest BCUT2D eigenvalue weighted by atomic mass is 32.1. The number of nitrogens with one attached hydrogen (secondary N) is 1. The molecule has 0 radical (unpaired) electrons. The number of anilines is 1. The third-order valence-corrected chi connectivity index (χ3v) is 3.93. The van der Waals surface area contributed by atoms with Crippen molar-refractivity contribution >= 4 is 16.5 Å². The Morgan fingerprint density at radius 1 is 1.59 bits per heavy atom. The van der Waals surface area contributed by atoms with Crippen molar-refractivity contribution in [2.75, 3.05) is 32.2 Å². The summed E-state index contributed by atoms with van der Waals surface area (Å²) in [5.41, 5.74) is 2.57. The monoisotopic (exact) mass is 256 g/mol. The van der Waals surface area contributed by atoms with E-state index in [2.05, 4.69) is 22.4 Å². The van der Waals surface area contributed by atoms with Crippen LogP contribution in [0, 0.1) is 5.92 Å². The Balaban J connectivity index is 1.77. The molecule has 1 aliphatic heterocycles. The van der Waals surface area contributed by atoms with E-state index < -0.39 is 0 Å². The topological polar surface area (TPSA) is 63.4 Å². The molecule has 3 N–H and O–H groups in total. The van der Waals surface area contributed by atoms with Crippen molar-refractivity contribution in [2.24, 2.45) is 11.8 Å². The standard InChI is InChI=1S/C11H20N4OS/c1-15(7-9-2-4-16-5-3-9)8-10-6-13-11(14-12)17-10/h6,9H,2-5,7-8,12H2,1H3,(H,13,14). The van der Waals surface area contributed by atoms with E-state index >= 15 is 0 Å². The molecule has 1 aliphatic rings. The van der Waals surface area contributed by atoms with Crippen molar-refractivity contribution in [3.63, 3.8) is 0 Å². The lowest BCUT2D eigenvalue weighted by Gasteiger charge is -2.26. The predicted molar refractivity (Wildman–Crippen MR) is 69.8 cm³/mol. The van der Waals surface area contributed by atoms with Gasteiger partial charge in [-0.05, 0) is 25.8 Å². The number of hydrogen-bond donors (Lipinski definition) is 2. The maximum absolute atomic E-state index is 5.37. The molecule has 1 aromatic heterocycles. The van der Waals surface area contributed by atoms with E-state index in [9.17, 15) is 0 Å². The van der Waals surface area contributed by atoms with Gasteiger partial charge in [-0.25, -0.2) is 10.8 Å². The summed E-state index contributed by atoms with van der Waals surface area (Å²) in [6.07, 6.45) is 4.26. The average Bonchev–Trinajstić information content (AvgIpc) is 2.78. The van der Waals surface area contributed by atoms with E-state index in [1.807, 2.05) is 6.20 Å². The van der Waals surface area contributed by atoms with Crippen LogP contribution in [0.4, 0.5) is 5.13 Å². The first-order valence-corrected chi connectivity index (χ1v) is 6.77. The van der Waals surface area contributed by atoms with Crippen LogP contribution in [0.15, 0.2) is 6.20 Å². The SMILES string of the molecule is CN(Cc1cnc(NN)s1)CC1CCOCC1. The summed E-state index contributed by atoms with van der Waals surface area (Å²) in [5, 5.41) is 0.777. The molecule has 0 unspecified atom stereocenters. The lowest BCUT2D eigenvalue weighted by molar-refractivity contribution is 0.0550. The number of rotatable bonds is 5. The molecule has 1 saturated heterocycles. The minimum atomic E-state index is 0.772. The van der Waals surface area contributed by atoms with Gasteiger partial charge in [-0.3, -0.25) is 5.43 Å². The Labute approximate surface area is 106 Å². The van der Waals surface area contributed by atoms with Gasteiger partial charge in [0.25, 0.3) is 0 Å². The summed E-state index contributed by atoms with van der Waals surface area (Å²) >= 11 is 1.61. The van der Waals surface area contributed by atoms with Crippen LogP contribution in [0.25, 0.3) is 0 Å². The molecule has 0 bridgehead atoms. The third-order valence-electron chi connectivity index (χ3n) is 3.01. The van der Waals surface area contributed by atoms with E-state index in [0.717, 1.165) is 37.4 Å². The van der Waals surface area contributed by atoms with Gasteiger partial charge in [-0.1, -0.05) is 11.3 Å². The van der Waals surface area contributed by atoms with Gasteiger partial charge in [0.1, 0.15) is 0 Å². The molecule has 0 amide bonds. The molecule has 96 valence electrons. The summed E-state index contributed by atoms with van der Waals surface area (Å²) in [5.74, 6) is 6.09. The van der Waals surface area contributed by atoms with Gasteiger partial charge in [0, 0.05) is 37.4 Å². The number of nitrogens with two attached hydrogens (primary N) is 1. The zero-order valence-electron chi connectivity index (χ0n) is 10.2. The summed E-state index contributed by atoms with van der Waals surface area (Å²) in [7, 11) is 2.16. The quantitative estimate of drug-likeness (QED) is 0.614. The minimum Gasteiger partial charge on any atom is -0.381 e. The molecule has 0 aliphatic carbocycles. The second kappa shape index (κ2) is 6.30. The third kappa shape index (κ3) is 3.92. The number of nitrogens with zero attached hydrogens (tertiary/aromatic N) is 2. The molecule has 5 nitrogen and oxygen atoms in total. The van der Waals surface area contributed by atoms with Gasteiger partial charge in [-0.15, -0.1) is 0 Å². The number of thiazole rings is 1. The van der Waals surface area contributed by atoms with Crippen LogP contribution in [0.3, 0.4) is 0 Å². The zero-order chi connectivity index (χ0) is 12.1. The molecule has 0 spiro atoms. The Kier molecular flexibility index (Phi) is 4.73. The molecule has 2 rings (SSSR count). The zero-order valence-corrected chi connectivity index (χ0v) is 11.0. The van der Waals surface area contributed by atoms with E-state index in [-0.39, 0.29) is 0 Å². The fourth-order valence-electron chi connectivity index (χ4n) is 2.15. The van der Waals surface area contributed by atoms with Crippen LogP contribution >= 0.6 is 11.3 Å². The summed E-state index contributed by atoms with van der Waals surface area (Å²) < 4.78 is 5.37. The minimum absolute atomic E-state index is 0.772. The van der Waals surface area contributed by atoms with Crippen molar-refractivity contribution in [3.05, 3.63) is 11.1 Å². The lowest BCUT2D eigenvalue weighted by Crippen LogP contribution is -2.29. The largest absolute Gasteiger partial charge is 0.381 e. The maximum Gasteiger partial charge on any atom is 0.197 e. The van der Waals surface area contributed by atoms with Crippen molar-refractivity contribution in [3.8, 4) is 0 Å². The molecule has 0 atom stereocenters. The number of ether oxygens (including phenoxy) is 1. The van der Waals surface area contributed by atoms with Crippen LogP contribution in [-0.4, -0.2) is 36.7 Å². The van der Waals surface area contributed by atoms with Gasteiger partial charge in [0.2, 0.25) is 0 Å².